The van der Waals surface area contributed by atoms with Crippen LogP contribution in [0.1, 0.15) is 32.4 Å². The lowest BCUT2D eigenvalue weighted by molar-refractivity contribution is 0.0765. The third-order valence-electron chi connectivity index (χ3n) is 2.20. The van der Waals surface area contributed by atoms with Crippen molar-refractivity contribution in [2.24, 2.45) is 0 Å². The molecule has 1 rings (SSSR count). The molecule has 0 saturated heterocycles. The molecule has 1 heterocycles. The maximum atomic E-state index is 5.56. The van der Waals surface area contributed by atoms with Crippen molar-refractivity contribution >= 4 is 11.8 Å². The van der Waals surface area contributed by atoms with Crippen LogP contribution in [0.25, 0.3) is 0 Å². The molecule has 3 N–H and O–H groups in total. The second-order valence-electron chi connectivity index (χ2n) is 4.31. The predicted octanol–water partition coefficient (Wildman–Crippen LogP) is 1.98. The SMILES string of the molecule is Cc1cc(NCCCCOC(C)C)nc(N)n1. The van der Waals surface area contributed by atoms with Crippen LogP contribution in [0.4, 0.5) is 11.8 Å². The fourth-order valence-electron chi connectivity index (χ4n) is 1.44. The van der Waals surface area contributed by atoms with E-state index in [0.29, 0.717) is 12.1 Å². The molecule has 96 valence electrons. The van der Waals surface area contributed by atoms with Gasteiger partial charge in [-0.05, 0) is 33.6 Å². The summed E-state index contributed by atoms with van der Waals surface area (Å²) in [6, 6.07) is 1.89. The first-order valence-electron chi connectivity index (χ1n) is 6.04. The Morgan fingerprint density at radius 1 is 1.35 bits per heavy atom. The molecule has 0 amide bonds. The summed E-state index contributed by atoms with van der Waals surface area (Å²) in [5.41, 5.74) is 6.44. The van der Waals surface area contributed by atoms with E-state index in [2.05, 4.69) is 15.3 Å². The first kappa shape index (κ1) is 13.7. The average molecular weight is 238 g/mol. The van der Waals surface area contributed by atoms with Gasteiger partial charge in [-0.1, -0.05) is 0 Å². The Kier molecular flexibility index (Phi) is 5.69. The highest BCUT2D eigenvalue weighted by atomic mass is 16.5. The van der Waals surface area contributed by atoms with Crippen molar-refractivity contribution in [3.8, 4) is 0 Å². The first-order chi connectivity index (χ1) is 8.08. The molecule has 0 aliphatic carbocycles. The van der Waals surface area contributed by atoms with Gasteiger partial charge >= 0.3 is 0 Å². The average Bonchev–Trinajstić information content (AvgIpc) is 2.21. The molecule has 0 radical (unpaired) electrons. The number of hydrogen-bond acceptors (Lipinski definition) is 5. The van der Waals surface area contributed by atoms with E-state index in [9.17, 15) is 0 Å². The van der Waals surface area contributed by atoms with E-state index in [-0.39, 0.29) is 0 Å². The zero-order valence-corrected chi connectivity index (χ0v) is 10.9. The van der Waals surface area contributed by atoms with Crippen LogP contribution in [0.2, 0.25) is 0 Å². The van der Waals surface area contributed by atoms with Gasteiger partial charge in [-0.25, -0.2) is 4.98 Å². The fraction of sp³-hybridized carbons (Fsp3) is 0.667. The van der Waals surface area contributed by atoms with Crippen LogP contribution in [0, 0.1) is 6.92 Å². The normalized spacial score (nSPS) is 10.8. The maximum absolute atomic E-state index is 5.56. The van der Waals surface area contributed by atoms with Crippen LogP contribution in [-0.4, -0.2) is 29.2 Å². The highest BCUT2D eigenvalue weighted by Gasteiger charge is 1.98. The number of nitrogens with two attached hydrogens (primary N) is 1. The third kappa shape index (κ3) is 6.06. The molecule has 0 atom stereocenters. The molecule has 0 aliphatic rings. The van der Waals surface area contributed by atoms with Gasteiger partial charge in [0, 0.05) is 24.9 Å². The number of nitrogens with one attached hydrogen (secondary N) is 1. The van der Waals surface area contributed by atoms with E-state index in [1.165, 1.54) is 0 Å². The monoisotopic (exact) mass is 238 g/mol. The Hall–Kier alpha value is -1.36. The Labute approximate surface area is 103 Å². The standard InChI is InChI=1S/C12H22N4O/c1-9(2)17-7-5-4-6-14-11-8-10(3)15-12(13)16-11/h8-9H,4-7H2,1-3H3,(H3,13,14,15,16). The van der Waals surface area contributed by atoms with Crippen molar-refractivity contribution in [2.75, 3.05) is 24.2 Å². The second kappa shape index (κ2) is 7.06. The minimum atomic E-state index is 0.312. The number of nitrogens with zero attached hydrogens (tertiary/aromatic N) is 2. The van der Waals surface area contributed by atoms with E-state index in [4.69, 9.17) is 10.5 Å². The zero-order valence-electron chi connectivity index (χ0n) is 10.9. The number of hydrogen-bond donors (Lipinski definition) is 2. The Morgan fingerprint density at radius 2 is 2.12 bits per heavy atom. The second-order valence-corrected chi connectivity index (χ2v) is 4.31. The summed E-state index contributed by atoms with van der Waals surface area (Å²) in [6.07, 6.45) is 2.41. The van der Waals surface area contributed by atoms with Crippen molar-refractivity contribution < 1.29 is 4.74 Å². The van der Waals surface area contributed by atoms with E-state index in [0.717, 1.165) is 37.5 Å². The van der Waals surface area contributed by atoms with Gasteiger partial charge < -0.3 is 15.8 Å². The molecule has 0 saturated carbocycles. The molecule has 0 bridgehead atoms. The highest BCUT2D eigenvalue weighted by molar-refractivity contribution is 5.39. The van der Waals surface area contributed by atoms with Crippen LogP contribution in [-0.2, 0) is 4.74 Å². The topological polar surface area (TPSA) is 73.1 Å². The summed E-state index contributed by atoms with van der Waals surface area (Å²) < 4.78 is 5.46. The van der Waals surface area contributed by atoms with Gasteiger partial charge in [-0.2, -0.15) is 4.98 Å². The molecule has 1 aromatic heterocycles. The van der Waals surface area contributed by atoms with Crippen molar-refractivity contribution in [3.05, 3.63) is 11.8 Å². The summed E-state index contributed by atoms with van der Waals surface area (Å²) in [4.78, 5) is 8.12. The number of ether oxygens (including phenoxy) is 1. The number of rotatable bonds is 7. The lowest BCUT2D eigenvalue weighted by atomic mass is 10.3. The molecule has 17 heavy (non-hydrogen) atoms. The molecule has 0 fully saturated rings. The summed E-state index contributed by atoms with van der Waals surface area (Å²) in [6.45, 7) is 7.68. The molecule has 1 aromatic rings. The lowest BCUT2D eigenvalue weighted by Gasteiger charge is -2.08. The molecular weight excluding hydrogens is 216 g/mol. The van der Waals surface area contributed by atoms with Crippen molar-refractivity contribution in [1.29, 1.82) is 0 Å². The lowest BCUT2D eigenvalue weighted by Crippen LogP contribution is -2.09. The Balaban J connectivity index is 2.18. The number of unbranched alkanes of at least 4 members (excludes halogenated alkanes) is 1. The smallest absolute Gasteiger partial charge is 0.222 e. The van der Waals surface area contributed by atoms with Crippen LogP contribution in [0.5, 0.6) is 0 Å². The van der Waals surface area contributed by atoms with Crippen molar-refractivity contribution in [1.82, 2.24) is 9.97 Å². The highest BCUT2D eigenvalue weighted by Crippen LogP contribution is 2.07. The van der Waals surface area contributed by atoms with Gasteiger partial charge in [0.2, 0.25) is 5.95 Å². The van der Waals surface area contributed by atoms with Crippen molar-refractivity contribution in [3.63, 3.8) is 0 Å². The molecule has 5 nitrogen and oxygen atoms in total. The number of nitrogen functional groups attached to an aromatic ring is 1. The minimum Gasteiger partial charge on any atom is -0.379 e. The molecular formula is C12H22N4O. The number of anilines is 2. The largest absolute Gasteiger partial charge is 0.379 e. The van der Waals surface area contributed by atoms with Gasteiger partial charge in [0.05, 0.1) is 6.10 Å². The van der Waals surface area contributed by atoms with E-state index in [1.54, 1.807) is 0 Å². The van der Waals surface area contributed by atoms with Gasteiger partial charge in [-0.3, -0.25) is 0 Å². The number of aromatic nitrogens is 2. The van der Waals surface area contributed by atoms with E-state index >= 15 is 0 Å². The first-order valence-corrected chi connectivity index (χ1v) is 6.04. The van der Waals surface area contributed by atoms with Crippen LogP contribution < -0.4 is 11.1 Å². The molecule has 0 aromatic carbocycles. The summed E-state index contributed by atoms with van der Waals surface area (Å²) in [5, 5.41) is 3.23. The summed E-state index contributed by atoms with van der Waals surface area (Å²) >= 11 is 0. The minimum absolute atomic E-state index is 0.312. The maximum Gasteiger partial charge on any atom is 0.222 e. The van der Waals surface area contributed by atoms with Gasteiger partial charge in [0.1, 0.15) is 5.82 Å². The van der Waals surface area contributed by atoms with Gasteiger partial charge in [-0.15, -0.1) is 0 Å². The Morgan fingerprint density at radius 3 is 2.76 bits per heavy atom. The van der Waals surface area contributed by atoms with Crippen LogP contribution >= 0.6 is 0 Å². The molecule has 0 aliphatic heterocycles. The third-order valence-corrected chi connectivity index (χ3v) is 2.20. The summed E-state index contributed by atoms with van der Waals surface area (Å²) in [7, 11) is 0. The number of aryl methyl sites for hydroxylation is 1. The predicted molar refractivity (Wildman–Crippen MR) is 70.0 cm³/mol. The van der Waals surface area contributed by atoms with Crippen LogP contribution in [0.3, 0.4) is 0 Å². The fourth-order valence-corrected chi connectivity index (χ4v) is 1.44. The quantitative estimate of drug-likeness (QED) is 0.711. The summed E-state index contributed by atoms with van der Waals surface area (Å²) in [5.74, 6) is 1.11. The van der Waals surface area contributed by atoms with Gasteiger partial charge in [0.15, 0.2) is 0 Å². The molecule has 0 unspecified atom stereocenters. The van der Waals surface area contributed by atoms with Gasteiger partial charge in [0.25, 0.3) is 0 Å². The van der Waals surface area contributed by atoms with Crippen LogP contribution in [0.15, 0.2) is 6.07 Å². The molecule has 0 spiro atoms. The molecule has 5 heteroatoms. The van der Waals surface area contributed by atoms with E-state index < -0.39 is 0 Å². The van der Waals surface area contributed by atoms with E-state index in [1.807, 2.05) is 26.8 Å². The van der Waals surface area contributed by atoms with Crippen molar-refractivity contribution in [2.45, 2.75) is 39.7 Å². The Bertz CT molecular complexity index is 321. The zero-order chi connectivity index (χ0) is 12.7.